The van der Waals surface area contributed by atoms with Crippen LogP contribution in [-0.4, -0.2) is 19.0 Å². The lowest BCUT2D eigenvalue weighted by atomic mass is 10.1. The topological polar surface area (TPSA) is 52.6 Å². The largest absolute Gasteiger partial charge is 0.466 e. The first-order valence-corrected chi connectivity index (χ1v) is 8.55. The number of esters is 2. The maximum atomic E-state index is 13.8. The Labute approximate surface area is 160 Å². The Kier molecular flexibility index (Phi) is 5.99. The third-order valence-corrected chi connectivity index (χ3v) is 5.41. The van der Waals surface area contributed by atoms with E-state index in [0.29, 0.717) is 0 Å². The van der Waals surface area contributed by atoms with Gasteiger partial charge < -0.3 is 9.47 Å². The maximum Gasteiger partial charge on any atom is 0.330 e. The molecule has 0 bridgehead atoms. The Morgan fingerprint density at radius 1 is 1.12 bits per heavy atom. The highest BCUT2D eigenvalue weighted by Gasteiger charge is 2.61. The van der Waals surface area contributed by atoms with Crippen LogP contribution >= 0.6 is 22.6 Å². The lowest BCUT2D eigenvalue weighted by Gasteiger charge is -2.10. The summed E-state index contributed by atoms with van der Waals surface area (Å²) in [5, 5.41) is 0. The predicted molar refractivity (Wildman–Crippen MR) is 90.7 cm³/mol. The smallest absolute Gasteiger partial charge is 0.330 e. The summed E-state index contributed by atoms with van der Waals surface area (Å²) in [6, 6.07) is 0. The van der Waals surface area contributed by atoms with Gasteiger partial charge in [-0.1, -0.05) is 19.9 Å². The molecule has 2 rings (SSSR count). The zero-order chi connectivity index (χ0) is 19.8. The molecular weight excluding hydrogens is 471 g/mol. The molecule has 0 radical (unpaired) electrons. The van der Waals surface area contributed by atoms with Gasteiger partial charge in [0.1, 0.15) is 6.61 Å². The number of carbonyl (C=O) groups is 2. The van der Waals surface area contributed by atoms with Crippen LogP contribution in [0.25, 0.3) is 0 Å². The van der Waals surface area contributed by atoms with E-state index in [0.717, 1.165) is 22.6 Å². The van der Waals surface area contributed by atoms with Crippen molar-refractivity contribution in [3.05, 3.63) is 44.6 Å². The van der Waals surface area contributed by atoms with Crippen molar-refractivity contribution in [1.82, 2.24) is 0 Å². The molecule has 2 atom stereocenters. The SMILES string of the molecule is COC(=O)/C=C\[C@H]1[C@@H](C(=O)OCc2c(F)c(F)c(I)c(F)c2F)C1(C)C. The molecule has 4 nitrogen and oxygen atoms in total. The number of rotatable bonds is 5. The molecule has 26 heavy (non-hydrogen) atoms. The summed E-state index contributed by atoms with van der Waals surface area (Å²) in [4.78, 5) is 23.3. The van der Waals surface area contributed by atoms with Crippen LogP contribution in [-0.2, 0) is 25.7 Å². The molecule has 0 unspecified atom stereocenters. The lowest BCUT2D eigenvalue weighted by Crippen LogP contribution is -2.14. The molecule has 1 aliphatic rings. The maximum absolute atomic E-state index is 13.8. The van der Waals surface area contributed by atoms with Gasteiger partial charge in [-0.3, -0.25) is 4.79 Å². The van der Waals surface area contributed by atoms with E-state index in [1.54, 1.807) is 13.8 Å². The minimum Gasteiger partial charge on any atom is -0.466 e. The molecule has 0 aromatic heterocycles. The summed E-state index contributed by atoms with van der Waals surface area (Å²) in [6.45, 7) is 2.55. The quantitative estimate of drug-likeness (QED) is 0.158. The summed E-state index contributed by atoms with van der Waals surface area (Å²) in [5.74, 6) is -8.65. The Hall–Kier alpha value is -1.65. The van der Waals surface area contributed by atoms with E-state index in [9.17, 15) is 27.2 Å². The van der Waals surface area contributed by atoms with Gasteiger partial charge in [-0.2, -0.15) is 0 Å². The van der Waals surface area contributed by atoms with E-state index in [2.05, 4.69) is 4.74 Å². The molecule has 142 valence electrons. The molecule has 9 heteroatoms. The number of ether oxygens (including phenoxy) is 2. The number of hydrogen-bond acceptors (Lipinski definition) is 4. The highest BCUT2D eigenvalue weighted by atomic mass is 127. The van der Waals surface area contributed by atoms with Crippen molar-refractivity contribution in [2.24, 2.45) is 17.3 Å². The van der Waals surface area contributed by atoms with Crippen molar-refractivity contribution in [1.29, 1.82) is 0 Å². The molecule has 1 fully saturated rings. The second kappa shape index (κ2) is 7.53. The fraction of sp³-hybridized carbons (Fsp3) is 0.412. The third-order valence-electron chi connectivity index (χ3n) is 4.46. The second-order valence-electron chi connectivity index (χ2n) is 6.36. The number of methoxy groups -OCH3 is 1. The first kappa shape index (κ1) is 20.7. The first-order valence-electron chi connectivity index (χ1n) is 7.47. The molecule has 0 spiro atoms. The van der Waals surface area contributed by atoms with E-state index < -0.39 is 62.3 Å². The average Bonchev–Trinajstić information content (AvgIpc) is 3.16. The number of halogens is 5. The number of benzene rings is 1. The fourth-order valence-electron chi connectivity index (χ4n) is 2.75. The van der Waals surface area contributed by atoms with E-state index in [4.69, 9.17) is 4.74 Å². The van der Waals surface area contributed by atoms with E-state index in [-0.39, 0.29) is 5.92 Å². The van der Waals surface area contributed by atoms with Crippen molar-refractivity contribution in [3.8, 4) is 0 Å². The summed E-state index contributed by atoms with van der Waals surface area (Å²) >= 11 is 1.14. The van der Waals surface area contributed by atoms with Crippen LogP contribution in [0.1, 0.15) is 19.4 Å². The van der Waals surface area contributed by atoms with Crippen molar-refractivity contribution in [3.63, 3.8) is 0 Å². The first-order chi connectivity index (χ1) is 12.0. The minimum atomic E-state index is -1.60. The van der Waals surface area contributed by atoms with Gasteiger partial charge in [0.05, 0.1) is 22.2 Å². The highest BCUT2D eigenvalue weighted by molar-refractivity contribution is 14.1. The third kappa shape index (κ3) is 3.72. The summed E-state index contributed by atoms with van der Waals surface area (Å²) in [7, 11) is 1.21. The molecule has 1 saturated carbocycles. The molecule has 0 heterocycles. The summed E-state index contributed by atoms with van der Waals surface area (Å²) in [5.41, 5.74) is -1.53. The zero-order valence-electron chi connectivity index (χ0n) is 14.0. The van der Waals surface area contributed by atoms with Gasteiger partial charge in [0.2, 0.25) is 0 Å². The van der Waals surface area contributed by atoms with Gasteiger partial charge in [-0.05, 0) is 33.9 Å². The van der Waals surface area contributed by atoms with Crippen LogP contribution in [0.2, 0.25) is 0 Å². The van der Waals surface area contributed by atoms with Gasteiger partial charge in [0, 0.05) is 6.08 Å². The molecule has 0 saturated heterocycles. The van der Waals surface area contributed by atoms with Gasteiger partial charge in [-0.25, -0.2) is 22.4 Å². The molecule has 0 amide bonds. The van der Waals surface area contributed by atoms with E-state index >= 15 is 0 Å². The van der Waals surface area contributed by atoms with Gasteiger partial charge >= 0.3 is 11.9 Å². The Bertz CT molecular complexity index is 762. The van der Waals surface area contributed by atoms with Crippen LogP contribution in [0.3, 0.4) is 0 Å². The summed E-state index contributed by atoms with van der Waals surface area (Å²) < 4.78 is 63.2. The number of allylic oxidation sites excluding steroid dienone is 1. The van der Waals surface area contributed by atoms with Gasteiger partial charge in [0.25, 0.3) is 0 Å². The van der Waals surface area contributed by atoms with E-state index in [1.807, 2.05) is 0 Å². The average molecular weight is 486 g/mol. The van der Waals surface area contributed by atoms with Crippen molar-refractivity contribution >= 4 is 34.5 Å². The molecule has 1 aromatic rings. The van der Waals surface area contributed by atoms with Crippen LogP contribution in [0.4, 0.5) is 17.6 Å². The Morgan fingerprint density at radius 3 is 2.15 bits per heavy atom. The van der Waals surface area contributed by atoms with Crippen LogP contribution in [0.15, 0.2) is 12.2 Å². The second-order valence-corrected chi connectivity index (χ2v) is 7.44. The number of hydrogen-bond donors (Lipinski definition) is 0. The van der Waals surface area contributed by atoms with Crippen LogP contribution in [0, 0.1) is 44.1 Å². The standard InChI is InChI=1S/C17H15F4IO4/c1-17(2)8(4-5-9(23)25-3)10(17)16(24)26-6-7-11(18)13(20)15(22)14(21)12(7)19/h4-5,8,10H,6H2,1-3H3/b5-4-/t8-,10-/m0/s1. The molecular formula is C17H15F4IO4. The van der Waals surface area contributed by atoms with Gasteiger partial charge in [-0.15, -0.1) is 0 Å². The monoisotopic (exact) mass is 486 g/mol. The number of carbonyl (C=O) groups excluding carboxylic acids is 2. The zero-order valence-corrected chi connectivity index (χ0v) is 16.2. The fourth-order valence-corrected chi connectivity index (χ4v) is 3.22. The molecule has 1 aromatic carbocycles. The van der Waals surface area contributed by atoms with Gasteiger partial charge in [0.15, 0.2) is 23.3 Å². The Morgan fingerprint density at radius 2 is 1.65 bits per heavy atom. The molecule has 1 aliphatic carbocycles. The molecule has 0 N–H and O–H groups in total. The van der Waals surface area contributed by atoms with Crippen LogP contribution < -0.4 is 0 Å². The minimum absolute atomic E-state index is 0.339. The van der Waals surface area contributed by atoms with Crippen molar-refractivity contribution in [2.45, 2.75) is 20.5 Å². The summed E-state index contributed by atoms with van der Waals surface area (Å²) in [6.07, 6.45) is 2.66. The lowest BCUT2D eigenvalue weighted by molar-refractivity contribution is -0.147. The van der Waals surface area contributed by atoms with Crippen LogP contribution in [0.5, 0.6) is 0 Å². The van der Waals surface area contributed by atoms with Crippen molar-refractivity contribution in [2.75, 3.05) is 7.11 Å². The molecule has 0 aliphatic heterocycles. The predicted octanol–water partition coefficient (Wildman–Crippen LogP) is 3.89. The normalized spacial score (nSPS) is 20.9. The van der Waals surface area contributed by atoms with E-state index in [1.165, 1.54) is 19.3 Å². The Balaban J connectivity index is 2.11. The van der Waals surface area contributed by atoms with Crippen molar-refractivity contribution < 1.29 is 36.6 Å². The highest BCUT2D eigenvalue weighted by Crippen LogP contribution is 2.59.